The molecule has 86 valence electrons. The van der Waals surface area contributed by atoms with Gasteiger partial charge in [-0.1, -0.05) is 0 Å². The van der Waals surface area contributed by atoms with Gasteiger partial charge in [0.2, 0.25) is 0 Å². The fourth-order valence-corrected chi connectivity index (χ4v) is 1.77. The number of nitrogens with two attached hydrogens (primary N) is 1. The van der Waals surface area contributed by atoms with Crippen molar-refractivity contribution >= 4 is 5.82 Å². The first kappa shape index (κ1) is 12.0. The molecule has 0 amide bonds. The number of hydrogen-bond acceptors (Lipinski definition) is 3. The van der Waals surface area contributed by atoms with E-state index < -0.39 is 0 Å². The SMILES string of the molecule is COC(C)(C)CC(C)n1nc(C)cc1N. The Labute approximate surface area is 91.4 Å². The van der Waals surface area contributed by atoms with Gasteiger partial charge in [0.15, 0.2) is 0 Å². The lowest BCUT2D eigenvalue weighted by Crippen LogP contribution is -2.27. The smallest absolute Gasteiger partial charge is 0.122 e. The second-order valence-corrected chi connectivity index (χ2v) is 4.67. The fraction of sp³-hybridized carbons (Fsp3) is 0.727. The van der Waals surface area contributed by atoms with Crippen molar-refractivity contribution in [1.82, 2.24) is 9.78 Å². The normalized spacial score (nSPS) is 14.2. The molecule has 0 fully saturated rings. The summed E-state index contributed by atoms with van der Waals surface area (Å²) in [6, 6.07) is 2.13. The molecule has 1 atom stereocenters. The van der Waals surface area contributed by atoms with Crippen molar-refractivity contribution in [2.75, 3.05) is 12.8 Å². The fourth-order valence-electron chi connectivity index (χ4n) is 1.77. The molecule has 0 spiro atoms. The van der Waals surface area contributed by atoms with Crippen LogP contribution in [0.15, 0.2) is 6.07 Å². The average molecular weight is 211 g/mol. The van der Waals surface area contributed by atoms with Crippen LogP contribution >= 0.6 is 0 Å². The largest absolute Gasteiger partial charge is 0.384 e. The first-order valence-corrected chi connectivity index (χ1v) is 5.22. The quantitative estimate of drug-likeness (QED) is 0.830. The molecule has 0 aromatic carbocycles. The summed E-state index contributed by atoms with van der Waals surface area (Å²) in [7, 11) is 1.73. The number of anilines is 1. The highest BCUT2D eigenvalue weighted by Gasteiger charge is 2.22. The molecular formula is C11H21N3O. The number of ether oxygens (including phenoxy) is 1. The molecule has 0 aliphatic heterocycles. The highest BCUT2D eigenvalue weighted by atomic mass is 16.5. The second-order valence-electron chi connectivity index (χ2n) is 4.67. The summed E-state index contributed by atoms with van der Waals surface area (Å²) >= 11 is 0. The van der Waals surface area contributed by atoms with Crippen molar-refractivity contribution in [1.29, 1.82) is 0 Å². The number of rotatable bonds is 4. The zero-order valence-corrected chi connectivity index (χ0v) is 10.2. The zero-order valence-electron chi connectivity index (χ0n) is 10.2. The van der Waals surface area contributed by atoms with Crippen molar-refractivity contribution in [3.05, 3.63) is 11.8 Å². The Balaban J connectivity index is 2.77. The summed E-state index contributed by atoms with van der Waals surface area (Å²) in [5.41, 5.74) is 6.67. The lowest BCUT2D eigenvalue weighted by molar-refractivity contribution is 0.00440. The van der Waals surface area contributed by atoms with E-state index in [1.54, 1.807) is 7.11 Å². The summed E-state index contributed by atoms with van der Waals surface area (Å²) in [6.07, 6.45) is 0.884. The first-order valence-electron chi connectivity index (χ1n) is 5.22. The Bertz CT molecular complexity index is 331. The molecule has 0 aliphatic rings. The third-order valence-corrected chi connectivity index (χ3v) is 2.64. The number of hydrogen-bond donors (Lipinski definition) is 1. The molecule has 0 saturated carbocycles. The molecule has 1 unspecified atom stereocenters. The van der Waals surface area contributed by atoms with E-state index in [9.17, 15) is 0 Å². The molecule has 1 aromatic rings. The maximum absolute atomic E-state index is 5.86. The van der Waals surface area contributed by atoms with Crippen molar-refractivity contribution in [2.24, 2.45) is 0 Å². The molecule has 0 radical (unpaired) electrons. The van der Waals surface area contributed by atoms with Gasteiger partial charge in [-0.3, -0.25) is 0 Å². The molecule has 4 nitrogen and oxygen atoms in total. The van der Waals surface area contributed by atoms with Crippen LogP contribution in [0, 0.1) is 6.92 Å². The molecule has 0 saturated heterocycles. The van der Waals surface area contributed by atoms with Crippen molar-refractivity contribution in [2.45, 2.75) is 45.8 Å². The molecular weight excluding hydrogens is 190 g/mol. The van der Waals surface area contributed by atoms with Gasteiger partial charge in [0.25, 0.3) is 0 Å². The van der Waals surface area contributed by atoms with Crippen LogP contribution < -0.4 is 5.73 Å². The molecule has 1 rings (SSSR count). The molecule has 15 heavy (non-hydrogen) atoms. The molecule has 2 N–H and O–H groups in total. The van der Waals surface area contributed by atoms with Gasteiger partial charge in [0.1, 0.15) is 5.82 Å². The minimum Gasteiger partial charge on any atom is -0.384 e. The Kier molecular flexibility index (Phi) is 3.39. The van der Waals surface area contributed by atoms with Gasteiger partial charge >= 0.3 is 0 Å². The Hall–Kier alpha value is -1.03. The molecule has 4 heteroatoms. The summed E-state index contributed by atoms with van der Waals surface area (Å²) in [5.74, 6) is 0.715. The van der Waals surface area contributed by atoms with Gasteiger partial charge in [-0.15, -0.1) is 0 Å². The van der Waals surface area contributed by atoms with E-state index in [-0.39, 0.29) is 11.6 Å². The van der Waals surface area contributed by atoms with Crippen molar-refractivity contribution < 1.29 is 4.74 Å². The monoisotopic (exact) mass is 211 g/mol. The number of aryl methyl sites for hydroxylation is 1. The van der Waals surface area contributed by atoms with E-state index in [0.29, 0.717) is 5.82 Å². The standard InChI is InChI=1S/C11H21N3O/c1-8-6-10(12)14(13-8)9(2)7-11(3,4)15-5/h6,9H,7,12H2,1-5H3. The van der Waals surface area contributed by atoms with E-state index in [0.717, 1.165) is 12.1 Å². The maximum atomic E-state index is 5.86. The molecule has 0 bridgehead atoms. The number of nitrogen functional groups attached to an aromatic ring is 1. The lowest BCUT2D eigenvalue weighted by Gasteiger charge is -2.27. The van der Waals surface area contributed by atoms with Crippen LogP contribution in [-0.2, 0) is 4.74 Å². The van der Waals surface area contributed by atoms with Crippen molar-refractivity contribution in [3.63, 3.8) is 0 Å². The van der Waals surface area contributed by atoms with Crippen LogP contribution in [0.1, 0.15) is 38.9 Å². The second kappa shape index (κ2) is 4.23. The van der Waals surface area contributed by atoms with Gasteiger partial charge in [0, 0.05) is 13.2 Å². The van der Waals surface area contributed by atoms with Crippen molar-refractivity contribution in [3.8, 4) is 0 Å². The van der Waals surface area contributed by atoms with E-state index in [1.807, 2.05) is 17.7 Å². The summed E-state index contributed by atoms with van der Waals surface area (Å²) in [4.78, 5) is 0. The topological polar surface area (TPSA) is 53.1 Å². The summed E-state index contributed by atoms with van der Waals surface area (Å²) in [5, 5.41) is 4.36. The van der Waals surface area contributed by atoms with Gasteiger partial charge in [-0.25, -0.2) is 4.68 Å². The summed E-state index contributed by atoms with van der Waals surface area (Å²) < 4.78 is 7.25. The summed E-state index contributed by atoms with van der Waals surface area (Å²) in [6.45, 7) is 8.18. The Morgan fingerprint density at radius 2 is 2.20 bits per heavy atom. The van der Waals surface area contributed by atoms with Gasteiger partial charge in [-0.2, -0.15) is 5.10 Å². The highest BCUT2D eigenvalue weighted by Crippen LogP contribution is 2.24. The van der Waals surface area contributed by atoms with Crippen LogP contribution in [0.3, 0.4) is 0 Å². The van der Waals surface area contributed by atoms with E-state index in [4.69, 9.17) is 10.5 Å². The number of aromatic nitrogens is 2. The predicted octanol–water partition coefficient (Wildman–Crippen LogP) is 2.15. The number of nitrogens with zero attached hydrogens (tertiary/aromatic N) is 2. The number of methoxy groups -OCH3 is 1. The van der Waals surface area contributed by atoms with Crippen LogP contribution in [0.25, 0.3) is 0 Å². The van der Waals surface area contributed by atoms with Crippen LogP contribution in [0.5, 0.6) is 0 Å². The minimum absolute atomic E-state index is 0.147. The molecule has 1 heterocycles. The third-order valence-electron chi connectivity index (χ3n) is 2.64. The maximum Gasteiger partial charge on any atom is 0.122 e. The van der Waals surface area contributed by atoms with Gasteiger partial charge in [-0.05, 0) is 34.1 Å². The Morgan fingerprint density at radius 3 is 2.60 bits per heavy atom. The van der Waals surface area contributed by atoms with E-state index in [1.165, 1.54) is 0 Å². The molecule has 0 aliphatic carbocycles. The predicted molar refractivity (Wildman–Crippen MR) is 61.8 cm³/mol. The van der Waals surface area contributed by atoms with Crippen LogP contribution in [0.4, 0.5) is 5.82 Å². The Morgan fingerprint density at radius 1 is 1.60 bits per heavy atom. The van der Waals surface area contributed by atoms with E-state index in [2.05, 4.69) is 25.9 Å². The van der Waals surface area contributed by atoms with Crippen LogP contribution in [0.2, 0.25) is 0 Å². The van der Waals surface area contributed by atoms with Crippen LogP contribution in [-0.4, -0.2) is 22.5 Å². The molecule has 1 aromatic heterocycles. The average Bonchev–Trinajstić information content (AvgIpc) is 2.45. The highest BCUT2D eigenvalue weighted by molar-refractivity contribution is 5.30. The van der Waals surface area contributed by atoms with E-state index >= 15 is 0 Å². The minimum atomic E-state index is -0.147. The van der Waals surface area contributed by atoms with Gasteiger partial charge in [0.05, 0.1) is 17.3 Å². The van der Waals surface area contributed by atoms with Gasteiger partial charge < -0.3 is 10.5 Å². The lowest BCUT2D eigenvalue weighted by atomic mass is 10.00. The zero-order chi connectivity index (χ0) is 11.6. The third kappa shape index (κ3) is 2.96. The first-order chi connectivity index (χ1) is 6.85.